The van der Waals surface area contributed by atoms with E-state index in [4.69, 9.17) is 0 Å². The molecule has 0 amide bonds. The predicted molar refractivity (Wildman–Crippen MR) is 45.1 cm³/mol. The summed E-state index contributed by atoms with van der Waals surface area (Å²) in [5.74, 6) is -0.599. The van der Waals surface area contributed by atoms with Crippen LogP contribution in [-0.4, -0.2) is 0 Å². The molecule has 0 fully saturated rings. The molecule has 0 aliphatic rings. The van der Waals surface area contributed by atoms with Crippen LogP contribution in [0.3, 0.4) is 0 Å². The van der Waals surface area contributed by atoms with Crippen molar-refractivity contribution in [2.24, 2.45) is 0 Å². The number of rotatable bonds is 2. The van der Waals surface area contributed by atoms with E-state index >= 15 is 0 Å². The van der Waals surface area contributed by atoms with E-state index in [0.29, 0.717) is 5.56 Å². The highest BCUT2D eigenvalue weighted by Gasteiger charge is 2.09. The molecule has 0 aliphatic carbocycles. The van der Waals surface area contributed by atoms with Crippen LogP contribution in [0.15, 0.2) is 18.2 Å². The second kappa shape index (κ2) is 3.65. The summed E-state index contributed by atoms with van der Waals surface area (Å²) < 4.78 is 25.7. The van der Waals surface area contributed by atoms with Gasteiger partial charge in [-0.2, -0.15) is 0 Å². The van der Waals surface area contributed by atoms with Gasteiger partial charge in [0.25, 0.3) is 0 Å². The van der Waals surface area contributed by atoms with E-state index in [1.165, 1.54) is 12.1 Å². The molecule has 2 heteroatoms. The molecule has 66 valence electrons. The average molecular weight is 170 g/mol. The lowest BCUT2D eigenvalue weighted by atomic mass is 9.98. The first-order valence-corrected chi connectivity index (χ1v) is 4.10. The predicted octanol–water partition coefficient (Wildman–Crippen LogP) is 3.48. The topological polar surface area (TPSA) is 0 Å². The van der Waals surface area contributed by atoms with E-state index in [1.54, 1.807) is 0 Å². The summed E-state index contributed by atoms with van der Waals surface area (Å²) in [6, 6.07) is 3.58. The van der Waals surface area contributed by atoms with Crippen molar-refractivity contribution in [1.82, 2.24) is 0 Å². The molecule has 0 radical (unpaired) electrons. The van der Waals surface area contributed by atoms with Crippen molar-refractivity contribution < 1.29 is 8.78 Å². The largest absolute Gasteiger partial charge is 0.207 e. The molecule has 1 aromatic rings. The number of benzene rings is 1. The molecular weight excluding hydrogens is 158 g/mol. The van der Waals surface area contributed by atoms with Crippen molar-refractivity contribution in [3.8, 4) is 0 Å². The molecule has 0 saturated carbocycles. The highest BCUT2D eigenvalue weighted by atomic mass is 19.1. The van der Waals surface area contributed by atoms with E-state index in [2.05, 4.69) is 0 Å². The monoisotopic (exact) mass is 170 g/mol. The summed E-state index contributed by atoms with van der Waals surface area (Å²) in [4.78, 5) is 0. The van der Waals surface area contributed by atoms with E-state index in [1.807, 2.05) is 13.8 Å². The van der Waals surface area contributed by atoms with Gasteiger partial charge in [-0.1, -0.05) is 13.8 Å². The van der Waals surface area contributed by atoms with Crippen LogP contribution in [-0.2, 0) is 0 Å². The van der Waals surface area contributed by atoms with Crippen LogP contribution in [0.2, 0.25) is 0 Å². The summed E-state index contributed by atoms with van der Waals surface area (Å²) in [6.45, 7) is 3.84. The summed E-state index contributed by atoms with van der Waals surface area (Å²) >= 11 is 0. The van der Waals surface area contributed by atoms with Crippen molar-refractivity contribution in [2.45, 2.75) is 26.2 Å². The molecule has 1 atom stereocenters. The first-order valence-electron chi connectivity index (χ1n) is 4.10. The molecule has 0 unspecified atom stereocenters. The second-order valence-corrected chi connectivity index (χ2v) is 2.98. The summed E-state index contributed by atoms with van der Waals surface area (Å²) in [7, 11) is 0. The maximum absolute atomic E-state index is 13.0. The molecule has 0 N–H and O–H groups in total. The molecule has 1 aromatic carbocycles. The maximum Gasteiger partial charge on any atom is 0.126 e. The van der Waals surface area contributed by atoms with Gasteiger partial charge in [0, 0.05) is 0 Å². The Balaban J connectivity index is 3.04. The van der Waals surface area contributed by atoms with Crippen molar-refractivity contribution in [2.75, 3.05) is 0 Å². The highest BCUT2D eigenvalue weighted by molar-refractivity contribution is 5.21. The fourth-order valence-corrected chi connectivity index (χ4v) is 1.11. The molecule has 1 rings (SSSR count). The van der Waals surface area contributed by atoms with Gasteiger partial charge in [0.05, 0.1) is 0 Å². The quantitative estimate of drug-likeness (QED) is 0.637. The maximum atomic E-state index is 13.0. The Morgan fingerprint density at radius 3 is 2.58 bits per heavy atom. The van der Waals surface area contributed by atoms with Crippen LogP contribution >= 0.6 is 0 Å². The Morgan fingerprint density at radius 1 is 1.33 bits per heavy atom. The fraction of sp³-hybridized carbons (Fsp3) is 0.400. The van der Waals surface area contributed by atoms with Gasteiger partial charge in [-0.05, 0) is 36.1 Å². The second-order valence-electron chi connectivity index (χ2n) is 2.98. The molecule has 0 aliphatic heterocycles. The minimum absolute atomic E-state index is 0.0840. The van der Waals surface area contributed by atoms with E-state index in [9.17, 15) is 8.78 Å². The molecule has 0 aromatic heterocycles. The van der Waals surface area contributed by atoms with Crippen molar-refractivity contribution >= 4 is 0 Å². The third-order valence-electron chi connectivity index (χ3n) is 2.10. The summed E-state index contributed by atoms with van der Waals surface area (Å²) in [5.41, 5.74) is 0.470. The van der Waals surface area contributed by atoms with Crippen molar-refractivity contribution in [3.05, 3.63) is 35.4 Å². The van der Waals surface area contributed by atoms with Gasteiger partial charge >= 0.3 is 0 Å². The zero-order valence-electron chi connectivity index (χ0n) is 7.27. The van der Waals surface area contributed by atoms with Gasteiger partial charge in [-0.15, -0.1) is 0 Å². The van der Waals surface area contributed by atoms with Crippen LogP contribution in [0.1, 0.15) is 31.7 Å². The Hall–Kier alpha value is -0.920. The van der Waals surface area contributed by atoms with E-state index < -0.39 is 0 Å². The van der Waals surface area contributed by atoms with E-state index in [0.717, 1.165) is 12.5 Å². The molecule has 0 bridgehead atoms. The first-order chi connectivity index (χ1) is 5.65. The minimum atomic E-state index is -0.369. The zero-order valence-corrected chi connectivity index (χ0v) is 7.27. The Labute approximate surface area is 71.2 Å². The van der Waals surface area contributed by atoms with Crippen LogP contribution in [0.4, 0.5) is 8.78 Å². The van der Waals surface area contributed by atoms with Gasteiger partial charge in [-0.25, -0.2) is 8.78 Å². The third kappa shape index (κ3) is 1.81. The smallest absolute Gasteiger partial charge is 0.126 e. The standard InChI is InChI=1S/C10H12F2/c1-3-7(2)9-6-8(11)4-5-10(9)12/h4-7H,3H2,1-2H3/t7-/m0/s1. The van der Waals surface area contributed by atoms with Crippen molar-refractivity contribution in [3.63, 3.8) is 0 Å². The SMILES string of the molecule is CC[C@H](C)c1cc(F)ccc1F. The first kappa shape index (κ1) is 9.17. The Bertz CT molecular complexity index is 269. The zero-order chi connectivity index (χ0) is 9.14. The minimum Gasteiger partial charge on any atom is -0.207 e. The number of hydrogen-bond donors (Lipinski definition) is 0. The summed E-state index contributed by atoms with van der Waals surface area (Å²) in [6.07, 6.45) is 0.820. The third-order valence-corrected chi connectivity index (χ3v) is 2.10. The Morgan fingerprint density at radius 2 is 2.00 bits per heavy atom. The number of halogens is 2. The van der Waals surface area contributed by atoms with Gasteiger partial charge < -0.3 is 0 Å². The van der Waals surface area contributed by atoms with Crippen LogP contribution < -0.4 is 0 Å². The molecule has 0 heterocycles. The lowest BCUT2D eigenvalue weighted by molar-refractivity contribution is 0.564. The van der Waals surface area contributed by atoms with Gasteiger partial charge in [-0.3, -0.25) is 0 Å². The van der Waals surface area contributed by atoms with Gasteiger partial charge in [0.1, 0.15) is 11.6 Å². The lowest BCUT2D eigenvalue weighted by Crippen LogP contribution is -1.96. The molecule has 0 spiro atoms. The summed E-state index contributed by atoms with van der Waals surface area (Å²) in [5, 5.41) is 0. The van der Waals surface area contributed by atoms with Crippen LogP contribution in [0, 0.1) is 11.6 Å². The molecule has 0 nitrogen and oxygen atoms in total. The number of hydrogen-bond acceptors (Lipinski definition) is 0. The van der Waals surface area contributed by atoms with Crippen LogP contribution in [0.5, 0.6) is 0 Å². The average Bonchev–Trinajstić information content (AvgIpc) is 2.08. The fourth-order valence-electron chi connectivity index (χ4n) is 1.11. The van der Waals surface area contributed by atoms with E-state index in [-0.39, 0.29) is 17.6 Å². The lowest BCUT2D eigenvalue weighted by Gasteiger charge is -2.09. The van der Waals surface area contributed by atoms with Gasteiger partial charge in [0.2, 0.25) is 0 Å². The molecular formula is C10H12F2. The highest BCUT2D eigenvalue weighted by Crippen LogP contribution is 2.22. The normalized spacial score (nSPS) is 13.0. The molecule has 12 heavy (non-hydrogen) atoms. The Kier molecular flexibility index (Phi) is 2.79. The van der Waals surface area contributed by atoms with Crippen molar-refractivity contribution in [1.29, 1.82) is 0 Å². The molecule has 0 saturated heterocycles. The van der Waals surface area contributed by atoms with Gasteiger partial charge in [0.15, 0.2) is 0 Å². The van der Waals surface area contributed by atoms with Crippen LogP contribution in [0.25, 0.3) is 0 Å².